The average molecular weight is 802 g/mol. The van der Waals surface area contributed by atoms with Gasteiger partial charge in [-0.1, -0.05) is 65.5 Å². The standard InChI is InChI=1S/C53H75N3O3/c1-5-6-7-8-36-10-12-37(13-11-36)38-14-20-41(21-15-38)56-51(57)28-9-35(2)46-26-27-47-45-34-50(59-43-24-18-40(55)19-25-43)49-33-44(58-42-22-16-39(54)17-23-42)29-31-53(49,4)48(45)30-32-52(46,47)3/h14-25,35-37,44-50H,5-13,26-34,54-55H2,1-4H3,(H,56,57)/t35-,36?,37?,44?,45+,46-,47+,48+,49?,50?,52-,53-/m1/s1. The van der Waals surface area contributed by atoms with Gasteiger partial charge >= 0.3 is 0 Å². The van der Waals surface area contributed by atoms with E-state index in [9.17, 15) is 4.79 Å². The summed E-state index contributed by atoms with van der Waals surface area (Å²) in [5.41, 5.74) is 16.5. The molecule has 5 fully saturated rings. The van der Waals surface area contributed by atoms with Crippen LogP contribution in [0.15, 0.2) is 72.8 Å². The topological polar surface area (TPSA) is 99.6 Å². The number of fused-ring (bicyclic) bond motifs is 5. The molecule has 0 heterocycles. The van der Waals surface area contributed by atoms with Gasteiger partial charge in [-0.3, -0.25) is 4.79 Å². The number of benzene rings is 3. The van der Waals surface area contributed by atoms with Crippen molar-refractivity contribution in [3.63, 3.8) is 0 Å². The maximum Gasteiger partial charge on any atom is 0.224 e. The summed E-state index contributed by atoms with van der Waals surface area (Å²) >= 11 is 0. The van der Waals surface area contributed by atoms with E-state index in [4.69, 9.17) is 20.9 Å². The summed E-state index contributed by atoms with van der Waals surface area (Å²) in [7, 11) is 0. The molecule has 0 bridgehead atoms. The predicted molar refractivity (Wildman–Crippen MR) is 243 cm³/mol. The van der Waals surface area contributed by atoms with E-state index < -0.39 is 0 Å². The van der Waals surface area contributed by atoms with Crippen LogP contribution in [0.4, 0.5) is 17.1 Å². The summed E-state index contributed by atoms with van der Waals surface area (Å²) in [6.07, 6.45) is 22.2. The molecule has 0 spiro atoms. The average Bonchev–Trinajstić information content (AvgIpc) is 3.60. The molecule has 0 saturated heterocycles. The van der Waals surface area contributed by atoms with Crippen molar-refractivity contribution in [3.8, 4) is 11.5 Å². The Morgan fingerprint density at radius 3 is 2.05 bits per heavy atom. The zero-order valence-corrected chi connectivity index (χ0v) is 36.8. The fourth-order valence-corrected chi connectivity index (χ4v) is 14.0. The second-order valence-corrected chi connectivity index (χ2v) is 20.7. The molecule has 6 nitrogen and oxygen atoms in total. The Bertz CT molecular complexity index is 1820. The van der Waals surface area contributed by atoms with Gasteiger partial charge in [0.15, 0.2) is 0 Å². The summed E-state index contributed by atoms with van der Waals surface area (Å²) in [6.45, 7) is 9.98. The number of anilines is 3. The van der Waals surface area contributed by atoms with E-state index in [1.54, 1.807) is 0 Å². The van der Waals surface area contributed by atoms with Crippen LogP contribution >= 0.6 is 0 Å². The lowest BCUT2D eigenvalue weighted by atomic mass is 9.43. The molecule has 0 aliphatic heterocycles. The zero-order chi connectivity index (χ0) is 41.1. The predicted octanol–water partition coefficient (Wildman–Crippen LogP) is 13.2. The molecule has 3 aromatic rings. The summed E-state index contributed by atoms with van der Waals surface area (Å²) in [6, 6.07) is 24.7. The van der Waals surface area contributed by atoms with E-state index in [1.165, 1.54) is 89.0 Å². The number of amides is 1. The Morgan fingerprint density at radius 1 is 0.729 bits per heavy atom. The normalized spacial score (nSPS) is 34.5. The molecule has 5 aliphatic rings. The van der Waals surface area contributed by atoms with Crippen molar-refractivity contribution in [1.82, 2.24) is 0 Å². The first-order valence-electron chi connectivity index (χ1n) is 24.0. The van der Waals surface area contributed by atoms with Gasteiger partial charge < -0.3 is 26.3 Å². The molecule has 0 radical (unpaired) electrons. The van der Waals surface area contributed by atoms with Crippen molar-refractivity contribution in [2.24, 2.45) is 52.3 Å². The highest BCUT2D eigenvalue weighted by atomic mass is 16.5. The molecule has 10 atom stereocenters. The van der Waals surface area contributed by atoms with E-state index in [0.717, 1.165) is 60.2 Å². The SMILES string of the molecule is CCCCCC1CCC(c2ccc(NC(=O)CC[C@@H](C)[C@H]3CC[C@H]4[C@@H]5CC(Oc6ccc(N)cc6)C6CC(Oc7ccc(N)cc7)CC[C@]6(C)[C@H]5CC[C@]34C)cc2)CC1. The summed E-state index contributed by atoms with van der Waals surface area (Å²) in [5.74, 6) is 7.21. The van der Waals surface area contributed by atoms with Gasteiger partial charge in [0.25, 0.3) is 0 Å². The number of hydrogen-bond donors (Lipinski definition) is 3. The first kappa shape index (κ1) is 42.0. The molecule has 6 heteroatoms. The van der Waals surface area contributed by atoms with Gasteiger partial charge in [-0.25, -0.2) is 0 Å². The van der Waals surface area contributed by atoms with Gasteiger partial charge in [-0.15, -0.1) is 0 Å². The van der Waals surface area contributed by atoms with Crippen molar-refractivity contribution in [2.75, 3.05) is 16.8 Å². The van der Waals surface area contributed by atoms with Crippen molar-refractivity contribution in [2.45, 2.75) is 161 Å². The number of ether oxygens (including phenoxy) is 2. The maximum atomic E-state index is 13.4. The minimum Gasteiger partial charge on any atom is -0.490 e. The lowest BCUT2D eigenvalue weighted by Gasteiger charge is -2.63. The molecule has 3 unspecified atom stereocenters. The van der Waals surface area contributed by atoms with Gasteiger partial charge in [-0.2, -0.15) is 0 Å². The van der Waals surface area contributed by atoms with Crippen LogP contribution in [0.2, 0.25) is 0 Å². The second-order valence-electron chi connectivity index (χ2n) is 20.7. The van der Waals surface area contributed by atoms with Crippen molar-refractivity contribution in [3.05, 3.63) is 78.4 Å². The number of carbonyl (C=O) groups is 1. The van der Waals surface area contributed by atoms with Crippen LogP contribution in [0.5, 0.6) is 11.5 Å². The molecular formula is C53H75N3O3. The third kappa shape index (κ3) is 9.18. The number of nitrogens with one attached hydrogen (secondary N) is 1. The number of unbranched alkanes of at least 4 members (excludes halogenated alkanes) is 2. The first-order chi connectivity index (χ1) is 28.5. The Morgan fingerprint density at radius 2 is 1.37 bits per heavy atom. The quantitative estimate of drug-likeness (QED) is 0.111. The maximum absolute atomic E-state index is 13.4. The number of nitrogens with two attached hydrogens (primary N) is 2. The van der Waals surface area contributed by atoms with Gasteiger partial charge in [0.1, 0.15) is 17.6 Å². The molecule has 59 heavy (non-hydrogen) atoms. The van der Waals surface area contributed by atoms with Gasteiger partial charge in [0, 0.05) is 29.4 Å². The van der Waals surface area contributed by atoms with E-state index in [0.29, 0.717) is 53.3 Å². The van der Waals surface area contributed by atoms with Crippen molar-refractivity contribution >= 4 is 23.0 Å². The highest BCUT2D eigenvalue weighted by Gasteiger charge is 2.63. The van der Waals surface area contributed by atoms with Gasteiger partial charge in [0.05, 0.1) is 6.10 Å². The van der Waals surface area contributed by atoms with Crippen molar-refractivity contribution < 1.29 is 14.3 Å². The fourth-order valence-electron chi connectivity index (χ4n) is 14.0. The Labute approximate surface area is 356 Å². The van der Waals surface area contributed by atoms with E-state index >= 15 is 0 Å². The van der Waals surface area contributed by atoms with Crippen LogP contribution in [0.25, 0.3) is 0 Å². The molecule has 3 aromatic carbocycles. The molecular weight excluding hydrogens is 727 g/mol. The van der Waals surface area contributed by atoms with Gasteiger partial charge in [-0.05, 0) is 202 Å². The number of rotatable bonds is 14. The number of nitrogen functional groups attached to an aromatic ring is 2. The summed E-state index contributed by atoms with van der Waals surface area (Å²) in [4.78, 5) is 13.4. The van der Waals surface area contributed by atoms with Crippen LogP contribution in [-0.2, 0) is 4.79 Å². The lowest BCUT2D eigenvalue weighted by molar-refractivity contribution is -0.164. The number of carbonyl (C=O) groups excluding carboxylic acids is 1. The summed E-state index contributed by atoms with van der Waals surface area (Å²) < 4.78 is 13.7. The van der Waals surface area contributed by atoms with Crippen LogP contribution in [0.1, 0.15) is 155 Å². The molecule has 8 rings (SSSR count). The summed E-state index contributed by atoms with van der Waals surface area (Å²) in [5, 5.41) is 3.26. The minimum atomic E-state index is 0.134. The third-order valence-corrected chi connectivity index (χ3v) is 17.3. The van der Waals surface area contributed by atoms with Crippen LogP contribution < -0.4 is 26.3 Å². The lowest BCUT2D eigenvalue weighted by Crippen LogP contribution is -2.59. The van der Waals surface area contributed by atoms with Gasteiger partial charge in [0.2, 0.25) is 5.91 Å². The highest BCUT2D eigenvalue weighted by molar-refractivity contribution is 5.90. The highest BCUT2D eigenvalue weighted by Crippen LogP contribution is 2.69. The molecule has 5 saturated carbocycles. The largest absolute Gasteiger partial charge is 0.490 e. The van der Waals surface area contributed by atoms with E-state index in [-0.39, 0.29) is 23.5 Å². The fraction of sp³-hybridized carbons (Fsp3) is 0.642. The monoisotopic (exact) mass is 802 g/mol. The molecule has 320 valence electrons. The van der Waals surface area contributed by atoms with E-state index in [1.807, 2.05) is 36.4 Å². The van der Waals surface area contributed by atoms with Crippen LogP contribution in [0, 0.1) is 52.3 Å². The second kappa shape index (κ2) is 18.1. The zero-order valence-electron chi connectivity index (χ0n) is 36.8. The Hall–Kier alpha value is -3.67. The minimum absolute atomic E-state index is 0.134. The molecule has 5 aliphatic carbocycles. The van der Waals surface area contributed by atoms with E-state index in [2.05, 4.69) is 69.4 Å². The molecule has 5 N–H and O–H groups in total. The Balaban J connectivity index is 0.883. The molecule has 0 aromatic heterocycles. The Kier molecular flexibility index (Phi) is 12.9. The van der Waals surface area contributed by atoms with Crippen molar-refractivity contribution in [1.29, 1.82) is 0 Å². The first-order valence-corrected chi connectivity index (χ1v) is 24.0. The third-order valence-electron chi connectivity index (χ3n) is 17.3. The molecule has 1 amide bonds. The number of hydrogen-bond acceptors (Lipinski definition) is 5. The van der Waals surface area contributed by atoms with Crippen LogP contribution in [0.3, 0.4) is 0 Å². The smallest absolute Gasteiger partial charge is 0.224 e. The van der Waals surface area contributed by atoms with Crippen LogP contribution in [-0.4, -0.2) is 18.1 Å².